The van der Waals surface area contributed by atoms with Crippen molar-refractivity contribution in [3.63, 3.8) is 0 Å². The lowest BCUT2D eigenvalue weighted by molar-refractivity contribution is -0.168. The highest BCUT2D eigenvalue weighted by molar-refractivity contribution is 14.0. The van der Waals surface area contributed by atoms with Crippen LogP contribution in [-0.2, 0) is 14.8 Å². The van der Waals surface area contributed by atoms with Gasteiger partial charge < -0.3 is 15.4 Å². The fourth-order valence-electron chi connectivity index (χ4n) is 3.42. The van der Waals surface area contributed by atoms with Gasteiger partial charge in [0, 0.05) is 38.2 Å². The maximum atomic E-state index is 11.0. The van der Waals surface area contributed by atoms with Crippen LogP contribution in [0.15, 0.2) is 4.99 Å². The van der Waals surface area contributed by atoms with E-state index >= 15 is 0 Å². The molecule has 0 heterocycles. The van der Waals surface area contributed by atoms with Crippen molar-refractivity contribution in [3.05, 3.63) is 0 Å². The monoisotopic (exact) mass is 460 g/mol. The van der Waals surface area contributed by atoms with Gasteiger partial charge in [0.2, 0.25) is 10.0 Å². The first-order valence-electron chi connectivity index (χ1n) is 7.94. The molecule has 2 aliphatic carbocycles. The van der Waals surface area contributed by atoms with Crippen LogP contribution in [0.5, 0.6) is 0 Å². The summed E-state index contributed by atoms with van der Waals surface area (Å²) in [6.45, 7) is 3.66. The highest BCUT2D eigenvalue weighted by atomic mass is 127. The largest absolute Gasteiger partial charge is 0.378 e. The first-order chi connectivity index (χ1) is 10.4. The molecule has 3 N–H and O–H groups in total. The predicted molar refractivity (Wildman–Crippen MR) is 103 cm³/mol. The molecule has 136 valence electrons. The van der Waals surface area contributed by atoms with Gasteiger partial charge in [-0.15, -0.1) is 24.0 Å². The molecule has 0 bridgehead atoms. The van der Waals surface area contributed by atoms with Gasteiger partial charge in [0.05, 0.1) is 12.4 Å². The molecule has 9 heteroatoms. The Morgan fingerprint density at radius 1 is 1.35 bits per heavy atom. The number of halogens is 1. The lowest BCUT2D eigenvalue weighted by Crippen LogP contribution is -2.68. The number of aliphatic imine (C=N–C) groups is 1. The van der Waals surface area contributed by atoms with Crippen LogP contribution in [0.4, 0.5) is 0 Å². The second kappa shape index (κ2) is 8.82. The third-order valence-electron chi connectivity index (χ3n) is 4.75. The second-order valence-corrected chi connectivity index (χ2v) is 7.96. The van der Waals surface area contributed by atoms with Crippen molar-refractivity contribution in [2.75, 3.05) is 33.0 Å². The summed E-state index contributed by atoms with van der Waals surface area (Å²) in [6.07, 6.45) is 6.23. The van der Waals surface area contributed by atoms with Gasteiger partial charge in [-0.05, 0) is 26.2 Å². The molecule has 2 saturated carbocycles. The van der Waals surface area contributed by atoms with Crippen LogP contribution in [0.2, 0.25) is 0 Å². The summed E-state index contributed by atoms with van der Waals surface area (Å²) < 4.78 is 30.3. The number of nitrogens with one attached hydrogen (secondary N) is 3. The molecular weight excluding hydrogens is 431 g/mol. The van der Waals surface area contributed by atoms with E-state index in [1.165, 1.54) is 19.3 Å². The van der Waals surface area contributed by atoms with E-state index in [1.807, 2.05) is 6.92 Å². The molecule has 2 aliphatic rings. The fourth-order valence-corrected chi connectivity index (χ4v) is 3.89. The van der Waals surface area contributed by atoms with Crippen molar-refractivity contribution in [2.45, 2.75) is 44.8 Å². The fraction of sp³-hybridized carbons (Fsp3) is 0.929. The van der Waals surface area contributed by atoms with Crippen molar-refractivity contribution in [3.8, 4) is 0 Å². The Morgan fingerprint density at radius 3 is 2.52 bits per heavy atom. The number of hydrogen-bond acceptors (Lipinski definition) is 4. The minimum atomic E-state index is -3.14. The third-order valence-corrected chi connectivity index (χ3v) is 5.48. The number of hydrogen-bond donors (Lipinski definition) is 3. The summed E-state index contributed by atoms with van der Waals surface area (Å²) in [4.78, 5) is 4.22. The highest BCUT2D eigenvalue weighted by Gasteiger charge is 2.59. The SMILES string of the molecule is CCOC1CC(NC(=NC)NCCNS(C)(=O)=O)C12CCC2.I. The lowest BCUT2D eigenvalue weighted by atomic mass is 9.51. The topological polar surface area (TPSA) is 91.8 Å². The number of nitrogens with zero attached hydrogens (tertiary/aromatic N) is 1. The Balaban J connectivity index is 0.00000264. The molecule has 0 amide bonds. The Hall–Kier alpha value is -0.130. The first-order valence-corrected chi connectivity index (χ1v) is 9.84. The number of ether oxygens (including phenoxy) is 1. The molecule has 7 nitrogen and oxygen atoms in total. The maximum Gasteiger partial charge on any atom is 0.208 e. The van der Waals surface area contributed by atoms with Gasteiger partial charge >= 0.3 is 0 Å². The Bertz CT molecular complexity index is 508. The van der Waals surface area contributed by atoms with Gasteiger partial charge in [-0.3, -0.25) is 4.99 Å². The highest BCUT2D eigenvalue weighted by Crippen LogP contribution is 2.57. The van der Waals surface area contributed by atoms with E-state index in [1.54, 1.807) is 7.05 Å². The molecule has 0 radical (unpaired) electrons. The molecule has 23 heavy (non-hydrogen) atoms. The average molecular weight is 460 g/mol. The molecule has 0 saturated heterocycles. The molecule has 0 aliphatic heterocycles. The zero-order valence-corrected chi connectivity index (χ0v) is 17.2. The minimum Gasteiger partial charge on any atom is -0.378 e. The van der Waals surface area contributed by atoms with E-state index in [0.29, 0.717) is 25.2 Å². The summed E-state index contributed by atoms with van der Waals surface area (Å²) >= 11 is 0. The van der Waals surface area contributed by atoms with Crippen LogP contribution >= 0.6 is 24.0 Å². The Morgan fingerprint density at radius 2 is 2.04 bits per heavy atom. The molecule has 2 rings (SSSR count). The van der Waals surface area contributed by atoms with E-state index in [0.717, 1.165) is 25.2 Å². The van der Waals surface area contributed by atoms with E-state index in [9.17, 15) is 8.42 Å². The van der Waals surface area contributed by atoms with Gasteiger partial charge in [-0.25, -0.2) is 13.1 Å². The van der Waals surface area contributed by atoms with Crippen LogP contribution < -0.4 is 15.4 Å². The van der Waals surface area contributed by atoms with Crippen LogP contribution in [-0.4, -0.2) is 59.5 Å². The van der Waals surface area contributed by atoms with Crippen molar-refractivity contribution in [1.82, 2.24) is 15.4 Å². The molecule has 1 spiro atoms. The Kier molecular flexibility index (Phi) is 8.02. The van der Waals surface area contributed by atoms with Crippen LogP contribution in [0.3, 0.4) is 0 Å². The minimum absolute atomic E-state index is 0. The maximum absolute atomic E-state index is 11.0. The predicted octanol–water partition coefficient (Wildman–Crippen LogP) is 0.666. The average Bonchev–Trinajstić information content (AvgIpc) is 2.37. The van der Waals surface area contributed by atoms with E-state index < -0.39 is 10.0 Å². The van der Waals surface area contributed by atoms with E-state index in [4.69, 9.17) is 4.74 Å². The van der Waals surface area contributed by atoms with Gasteiger partial charge in [0.15, 0.2) is 5.96 Å². The molecule has 0 aromatic heterocycles. The lowest BCUT2D eigenvalue weighted by Gasteiger charge is -2.61. The molecule has 2 fully saturated rings. The summed E-state index contributed by atoms with van der Waals surface area (Å²) in [7, 11) is -1.41. The van der Waals surface area contributed by atoms with Crippen LogP contribution in [0.1, 0.15) is 32.6 Å². The molecular formula is C14H29IN4O3S. The molecule has 2 unspecified atom stereocenters. The summed E-state index contributed by atoms with van der Waals surface area (Å²) in [5, 5.41) is 6.61. The summed E-state index contributed by atoms with van der Waals surface area (Å²) in [5.41, 5.74) is 0.276. The number of sulfonamides is 1. The van der Waals surface area contributed by atoms with Gasteiger partial charge in [0.25, 0.3) is 0 Å². The zero-order chi connectivity index (χ0) is 16.2. The van der Waals surface area contributed by atoms with Crippen molar-refractivity contribution in [1.29, 1.82) is 0 Å². The molecule has 0 aromatic carbocycles. The molecule has 0 aromatic rings. The third kappa shape index (κ3) is 5.17. The van der Waals surface area contributed by atoms with Crippen LogP contribution in [0.25, 0.3) is 0 Å². The van der Waals surface area contributed by atoms with Gasteiger partial charge in [-0.2, -0.15) is 0 Å². The van der Waals surface area contributed by atoms with Crippen molar-refractivity contribution < 1.29 is 13.2 Å². The van der Waals surface area contributed by atoms with Crippen molar-refractivity contribution in [2.24, 2.45) is 10.4 Å². The zero-order valence-electron chi connectivity index (χ0n) is 14.1. The smallest absolute Gasteiger partial charge is 0.208 e. The van der Waals surface area contributed by atoms with Crippen LogP contribution in [0, 0.1) is 5.41 Å². The van der Waals surface area contributed by atoms with E-state index in [2.05, 4.69) is 20.3 Å². The second-order valence-electron chi connectivity index (χ2n) is 6.13. The first kappa shape index (κ1) is 20.9. The van der Waals surface area contributed by atoms with Gasteiger partial charge in [-0.1, -0.05) is 6.42 Å². The number of rotatable bonds is 7. The van der Waals surface area contributed by atoms with E-state index in [-0.39, 0.29) is 29.4 Å². The Labute approximate surface area is 156 Å². The standard InChI is InChI=1S/C14H28N4O3S.HI/c1-4-21-12-10-11(14(12)6-5-7-14)18-13(15-2)16-8-9-17-22(3,19)20;/h11-12,17H,4-10H2,1-3H3,(H2,15,16,18);1H. The normalized spacial score (nSPS) is 26.0. The molecule has 2 atom stereocenters. The van der Waals surface area contributed by atoms with Gasteiger partial charge in [0.1, 0.15) is 0 Å². The summed E-state index contributed by atoms with van der Waals surface area (Å²) in [5.74, 6) is 0.724. The summed E-state index contributed by atoms with van der Waals surface area (Å²) in [6, 6.07) is 0.395. The quantitative estimate of drug-likeness (QED) is 0.225. The number of guanidine groups is 1. The van der Waals surface area contributed by atoms with Crippen molar-refractivity contribution >= 4 is 40.0 Å².